The van der Waals surface area contributed by atoms with Crippen molar-refractivity contribution < 1.29 is 5.11 Å². The second kappa shape index (κ2) is 6.91. The fourth-order valence-corrected chi connectivity index (χ4v) is 7.48. The summed E-state index contributed by atoms with van der Waals surface area (Å²) in [6.45, 7) is 0. The molecule has 36 heavy (non-hydrogen) atoms. The number of rotatable bonds is 2. The molecule has 0 bridgehead atoms. The number of hydrogen-bond donors (Lipinski definition) is 3. The summed E-state index contributed by atoms with van der Waals surface area (Å²) in [6.07, 6.45) is 0. The number of aromatic nitrogens is 1. The van der Waals surface area contributed by atoms with Crippen molar-refractivity contribution in [1.29, 1.82) is 5.41 Å². The first kappa shape index (κ1) is 20.0. The van der Waals surface area contributed by atoms with Crippen molar-refractivity contribution in [3.8, 4) is 16.3 Å². The number of aromatic hydroxyl groups is 1. The Balaban J connectivity index is 1.85. The summed E-state index contributed by atoms with van der Waals surface area (Å²) in [5.41, 5.74) is 1.84. The van der Waals surface area contributed by atoms with Crippen molar-refractivity contribution in [1.82, 2.24) is 4.98 Å². The molecule has 4 aromatic carbocycles. The Hall–Kier alpha value is -4.26. The van der Waals surface area contributed by atoms with Gasteiger partial charge in [-0.1, -0.05) is 48.5 Å². The Morgan fingerprint density at radius 3 is 2.19 bits per heavy atom. The Bertz CT molecular complexity index is 2180. The van der Waals surface area contributed by atoms with Gasteiger partial charge < -0.3 is 5.11 Å². The van der Waals surface area contributed by atoms with Gasteiger partial charge in [-0.05, 0) is 55.9 Å². The van der Waals surface area contributed by atoms with E-state index in [0.717, 1.165) is 58.4 Å². The summed E-state index contributed by atoms with van der Waals surface area (Å²) in [5.74, 6) is -0.164. The van der Waals surface area contributed by atoms with Gasteiger partial charge in [0, 0.05) is 42.3 Å². The molecule has 0 atom stereocenters. The maximum atomic E-state index is 13.3. The highest BCUT2D eigenvalue weighted by Gasteiger charge is 2.30. The van der Waals surface area contributed by atoms with E-state index in [2.05, 4.69) is 52.8 Å². The molecule has 0 fully saturated rings. The molecule has 6 heteroatoms. The second-order valence-corrected chi connectivity index (χ2v) is 11.0. The van der Waals surface area contributed by atoms with Gasteiger partial charge in [0.1, 0.15) is 0 Å². The van der Waals surface area contributed by atoms with Crippen molar-refractivity contribution in [2.45, 2.75) is 0 Å². The van der Waals surface area contributed by atoms with Gasteiger partial charge in [-0.2, -0.15) is 0 Å². The number of thiophene rings is 2. The Morgan fingerprint density at radius 2 is 1.47 bits per heavy atom. The maximum absolute atomic E-state index is 13.3. The maximum Gasteiger partial charge on any atom is 0.260 e. The molecule has 0 radical (unpaired) electrons. The van der Waals surface area contributed by atoms with Gasteiger partial charge in [-0.15, -0.1) is 22.7 Å². The van der Waals surface area contributed by atoms with Crippen LogP contribution in [0.15, 0.2) is 82.3 Å². The van der Waals surface area contributed by atoms with Crippen molar-refractivity contribution in [3.63, 3.8) is 0 Å². The molecule has 3 heterocycles. The summed E-state index contributed by atoms with van der Waals surface area (Å²) in [6, 6.07) is 22.7. The summed E-state index contributed by atoms with van der Waals surface area (Å²) in [4.78, 5) is 17.9. The SMILES string of the molecule is N=C1C(c2cccs2)=c2c3cccc4cccc(c5c(-c6cccs6)cc6c(O)[nH]c(=O)c1c6c25)c43. The van der Waals surface area contributed by atoms with E-state index in [1.54, 1.807) is 22.7 Å². The number of H-pyrrole nitrogens is 1. The average Bonchev–Trinajstić information content (AvgIpc) is 3.60. The lowest BCUT2D eigenvalue weighted by atomic mass is 9.80. The average molecular weight is 501 g/mol. The fraction of sp³-hybridized carbons (Fsp3) is 0. The molecule has 170 valence electrons. The molecular formula is C30H16N2O2S2. The number of fused-ring (bicyclic) bond motifs is 2. The second-order valence-electron chi connectivity index (χ2n) is 9.06. The Labute approximate surface area is 211 Å². The van der Waals surface area contributed by atoms with Crippen LogP contribution in [-0.4, -0.2) is 15.8 Å². The lowest BCUT2D eigenvalue weighted by Crippen LogP contribution is -2.28. The first-order valence-electron chi connectivity index (χ1n) is 11.5. The van der Waals surface area contributed by atoms with E-state index < -0.39 is 5.56 Å². The molecular weight excluding hydrogens is 484 g/mol. The quantitative estimate of drug-likeness (QED) is 0.181. The van der Waals surface area contributed by atoms with E-state index in [0.29, 0.717) is 16.3 Å². The van der Waals surface area contributed by atoms with Gasteiger partial charge in [-0.3, -0.25) is 15.2 Å². The Kier molecular flexibility index (Phi) is 3.83. The molecule has 0 amide bonds. The monoisotopic (exact) mass is 500 g/mol. The largest absolute Gasteiger partial charge is 0.494 e. The number of hydrogen-bond acceptors (Lipinski definition) is 5. The first-order chi connectivity index (χ1) is 17.6. The fourth-order valence-electron chi connectivity index (χ4n) is 5.94. The molecule has 4 nitrogen and oxygen atoms in total. The van der Waals surface area contributed by atoms with Crippen LogP contribution in [0.3, 0.4) is 0 Å². The van der Waals surface area contributed by atoms with E-state index in [9.17, 15) is 15.3 Å². The van der Waals surface area contributed by atoms with Crippen LogP contribution < -0.4 is 10.8 Å². The smallest absolute Gasteiger partial charge is 0.260 e. The van der Waals surface area contributed by atoms with E-state index in [1.807, 2.05) is 29.6 Å². The van der Waals surface area contributed by atoms with Gasteiger partial charge in [0.05, 0.1) is 11.3 Å². The van der Waals surface area contributed by atoms with Gasteiger partial charge in [0.15, 0.2) is 5.88 Å². The zero-order valence-corrected chi connectivity index (χ0v) is 20.3. The van der Waals surface area contributed by atoms with E-state index in [4.69, 9.17) is 0 Å². The van der Waals surface area contributed by atoms with Crippen LogP contribution in [0.2, 0.25) is 0 Å². The van der Waals surface area contributed by atoms with Gasteiger partial charge in [0.2, 0.25) is 0 Å². The van der Waals surface area contributed by atoms with Crippen LogP contribution in [0.1, 0.15) is 10.4 Å². The predicted molar refractivity (Wildman–Crippen MR) is 151 cm³/mol. The van der Waals surface area contributed by atoms with Crippen molar-refractivity contribution in [2.24, 2.45) is 0 Å². The predicted octanol–water partition coefficient (Wildman–Crippen LogP) is 6.78. The minimum absolute atomic E-state index is 0.164. The molecule has 7 aromatic rings. The normalized spacial score (nSPS) is 13.2. The molecule has 8 rings (SSSR count). The number of nitrogens with one attached hydrogen (secondary N) is 2. The lowest BCUT2D eigenvalue weighted by molar-refractivity contribution is 0.459. The van der Waals surface area contributed by atoms with E-state index in [-0.39, 0.29) is 11.6 Å². The van der Waals surface area contributed by atoms with E-state index in [1.165, 1.54) is 0 Å². The lowest BCUT2D eigenvalue weighted by Gasteiger charge is -2.23. The van der Waals surface area contributed by atoms with Crippen LogP contribution >= 0.6 is 22.7 Å². The van der Waals surface area contributed by atoms with Crippen LogP contribution in [0, 0.1) is 5.41 Å². The molecule has 0 aliphatic heterocycles. The highest BCUT2D eigenvalue weighted by Crippen LogP contribution is 2.45. The minimum atomic E-state index is -0.443. The number of benzene rings is 4. The first-order valence-corrected chi connectivity index (χ1v) is 13.3. The topological polar surface area (TPSA) is 76.9 Å². The Morgan fingerprint density at radius 1 is 0.750 bits per heavy atom. The molecule has 0 spiro atoms. The van der Waals surface area contributed by atoms with Gasteiger partial charge in [-0.25, -0.2) is 0 Å². The molecule has 0 unspecified atom stereocenters. The summed E-state index contributed by atoms with van der Waals surface area (Å²) in [5, 5.41) is 32.9. The molecule has 3 N–H and O–H groups in total. The zero-order chi connectivity index (χ0) is 24.1. The molecule has 0 saturated carbocycles. The van der Waals surface area contributed by atoms with Crippen LogP contribution in [0.4, 0.5) is 0 Å². The van der Waals surface area contributed by atoms with Gasteiger partial charge in [0.25, 0.3) is 5.56 Å². The highest BCUT2D eigenvalue weighted by molar-refractivity contribution is 7.13. The third-order valence-corrected chi connectivity index (χ3v) is 9.08. The van der Waals surface area contributed by atoms with Crippen molar-refractivity contribution in [2.75, 3.05) is 0 Å². The van der Waals surface area contributed by atoms with E-state index >= 15 is 0 Å². The van der Waals surface area contributed by atoms with Crippen LogP contribution in [-0.2, 0) is 0 Å². The van der Waals surface area contributed by atoms with Crippen LogP contribution in [0.25, 0.3) is 59.1 Å². The molecule has 3 aromatic heterocycles. The highest BCUT2D eigenvalue weighted by atomic mass is 32.1. The third kappa shape index (κ3) is 2.37. The molecule has 0 saturated heterocycles. The van der Waals surface area contributed by atoms with Crippen molar-refractivity contribution in [3.05, 3.63) is 104 Å². The summed E-state index contributed by atoms with van der Waals surface area (Å²) >= 11 is 3.22. The van der Waals surface area contributed by atoms with Crippen LogP contribution in [0.5, 0.6) is 5.88 Å². The number of pyridine rings is 1. The molecule has 1 aliphatic carbocycles. The van der Waals surface area contributed by atoms with Crippen molar-refractivity contribution >= 4 is 77.0 Å². The summed E-state index contributed by atoms with van der Waals surface area (Å²) < 4.78 is 0. The third-order valence-electron chi connectivity index (χ3n) is 7.29. The minimum Gasteiger partial charge on any atom is -0.494 e. The van der Waals surface area contributed by atoms with Gasteiger partial charge >= 0.3 is 0 Å². The number of aromatic amines is 1. The zero-order valence-electron chi connectivity index (χ0n) is 18.7. The standard InChI is InChI=1S/C30H16N2O2S2/c31-28-25(20-10-4-12-36-20)23-16-8-2-6-14-5-1-7-15(21(14)16)22-17(19-9-3-11-35-19)13-18-24(26(22)23)27(28)30(34)32-29(18)33/h1-13,31H,(H2,32,33,34). The molecule has 1 aliphatic rings. The summed E-state index contributed by atoms with van der Waals surface area (Å²) in [7, 11) is 0.